The van der Waals surface area contributed by atoms with E-state index in [1.54, 1.807) is 11.3 Å². The maximum atomic E-state index is 4.18. The Morgan fingerprint density at radius 2 is 1.94 bits per heavy atom. The standard InChI is InChI=1S/C15H26N2S/c1-11(2)12-4-6-13(7-5-12)15(16-3)8-14-9-17-10-18-14/h9-13,15-16H,4-8H2,1-3H3. The largest absolute Gasteiger partial charge is 0.316 e. The SMILES string of the molecule is CNC(Cc1cncs1)C1CCC(C(C)C)CC1. The number of likely N-dealkylation sites (N-methyl/N-ethyl adjacent to an activating group) is 1. The zero-order chi connectivity index (χ0) is 13.0. The van der Waals surface area contributed by atoms with Gasteiger partial charge in [0, 0.05) is 17.1 Å². The first-order valence-corrected chi connectivity index (χ1v) is 8.13. The van der Waals surface area contributed by atoms with Crippen molar-refractivity contribution in [3.05, 3.63) is 16.6 Å². The van der Waals surface area contributed by atoms with Crippen LogP contribution in [-0.4, -0.2) is 18.1 Å². The van der Waals surface area contributed by atoms with Crippen LogP contribution < -0.4 is 5.32 Å². The lowest BCUT2D eigenvalue weighted by Gasteiger charge is -2.35. The van der Waals surface area contributed by atoms with Crippen LogP contribution in [0, 0.1) is 17.8 Å². The molecule has 1 saturated carbocycles. The Morgan fingerprint density at radius 1 is 1.28 bits per heavy atom. The maximum absolute atomic E-state index is 4.18. The summed E-state index contributed by atoms with van der Waals surface area (Å²) in [5.74, 6) is 2.68. The molecule has 2 rings (SSSR count). The number of hydrogen-bond donors (Lipinski definition) is 1. The number of nitrogens with zero attached hydrogens (tertiary/aromatic N) is 1. The number of rotatable bonds is 5. The average Bonchev–Trinajstić information content (AvgIpc) is 2.89. The van der Waals surface area contributed by atoms with Crippen molar-refractivity contribution in [2.24, 2.45) is 17.8 Å². The van der Waals surface area contributed by atoms with Crippen LogP contribution in [0.3, 0.4) is 0 Å². The second-order valence-electron chi connectivity index (χ2n) is 5.99. The van der Waals surface area contributed by atoms with E-state index in [9.17, 15) is 0 Å². The summed E-state index contributed by atoms with van der Waals surface area (Å²) >= 11 is 1.78. The van der Waals surface area contributed by atoms with Crippen molar-refractivity contribution in [3.63, 3.8) is 0 Å². The molecule has 0 aliphatic heterocycles. The molecular weight excluding hydrogens is 240 g/mol. The van der Waals surface area contributed by atoms with Gasteiger partial charge in [-0.1, -0.05) is 13.8 Å². The average molecular weight is 266 g/mol. The number of nitrogens with one attached hydrogen (secondary N) is 1. The van der Waals surface area contributed by atoms with Crippen LogP contribution in [0.15, 0.2) is 11.7 Å². The highest BCUT2D eigenvalue weighted by Crippen LogP contribution is 2.35. The van der Waals surface area contributed by atoms with E-state index in [1.807, 2.05) is 11.7 Å². The van der Waals surface area contributed by atoms with Crippen molar-refractivity contribution in [2.75, 3.05) is 7.05 Å². The van der Waals surface area contributed by atoms with Crippen molar-refractivity contribution in [1.82, 2.24) is 10.3 Å². The summed E-state index contributed by atoms with van der Waals surface area (Å²) in [4.78, 5) is 5.60. The smallest absolute Gasteiger partial charge is 0.0794 e. The van der Waals surface area contributed by atoms with Crippen LogP contribution in [0.2, 0.25) is 0 Å². The third kappa shape index (κ3) is 3.55. The molecule has 0 saturated heterocycles. The van der Waals surface area contributed by atoms with Gasteiger partial charge in [0.1, 0.15) is 0 Å². The molecule has 1 fully saturated rings. The molecule has 0 spiro atoms. The zero-order valence-corrected chi connectivity index (χ0v) is 12.7. The topological polar surface area (TPSA) is 24.9 Å². The molecule has 1 aliphatic rings. The van der Waals surface area contributed by atoms with Crippen LogP contribution in [0.5, 0.6) is 0 Å². The van der Waals surface area contributed by atoms with E-state index in [2.05, 4.69) is 31.2 Å². The van der Waals surface area contributed by atoms with Gasteiger partial charge in [-0.3, -0.25) is 4.98 Å². The summed E-state index contributed by atoms with van der Waals surface area (Å²) in [6, 6.07) is 0.638. The third-order valence-corrected chi connectivity index (χ3v) is 5.41. The molecule has 1 aromatic rings. The molecule has 1 N–H and O–H groups in total. The molecule has 1 heterocycles. The fraction of sp³-hybridized carbons (Fsp3) is 0.800. The number of thiazole rings is 1. The van der Waals surface area contributed by atoms with E-state index in [0.717, 1.165) is 24.2 Å². The lowest BCUT2D eigenvalue weighted by molar-refractivity contribution is 0.192. The van der Waals surface area contributed by atoms with E-state index < -0.39 is 0 Å². The van der Waals surface area contributed by atoms with Gasteiger partial charge in [0.2, 0.25) is 0 Å². The maximum Gasteiger partial charge on any atom is 0.0794 e. The lowest BCUT2D eigenvalue weighted by atomic mass is 9.74. The highest BCUT2D eigenvalue weighted by molar-refractivity contribution is 7.09. The first kappa shape index (κ1) is 14.0. The summed E-state index contributed by atoms with van der Waals surface area (Å²) < 4.78 is 0. The van der Waals surface area contributed by atoms with E-state index in [4.69, 9.17) is 0 Å². The van der Waals surface area contributed by atoms with Gasteiger partial charge >= 0.3 is 0 Å². The molecule has 1 atom stereocenters. The van der Waals surface area contributed by atoms with Gasteiger partial charge in [-0.15, -0.1) is 11.3 Å². The van der Waals surface area contributed by atoms with Crippen molar-refractivity contribution in [2.45, 2.75) is 52.0 Å². The summed E-state index contributed by atoms with van der Waals surface area (Å²) in [5.41, 5.74) is 1.94. The van der Waals surface area contributed by atoms with E-state index in [0.29, 0.717) is 6.04 Å². The van der Waals surface area contributed by atoms with Crippen molar-refractivity contribution in [1.29, 1.82) is 0 Å². The normalized spacial score (nSPS) is 26.4. The van der Waals surface area contributed by atoms with E-state index in [-0.39, 0.29) is 0 Å². The van der Waals surface area contributed by atoms with E-state index in [1.165, 1.54) is 30.6 Å². The second kappa shape index (κ2) is 6.67. The zero-order valence-electron chi connectivity index (χ0n) is 11.9. The van der Waals surface area contributed by atoms with Gasteiger partial charge in [-0.25, -0.2) is 0 Å². The van der Waals surface area contributed by atoms with Crippen molar-refractivity contribution >= 4 is 11.3 Å². The summed E-state index contributed by atoms with van der Waals surface area (Å²) in [7, 11) is 2.11. The molecule has 1 aromatic heterocycles. The second-order valence-corrected chi connectivity index (χ2v) is 6.96. The molecule has 1 aliphatic carbocycles. The number of hydrogen-bond acceptors (Lipinski definition) is 3. The van der Waals surface area contributed by atoms with Crippen LogP contribution in [-0.2, 0) is 6.42 Å². The fourth-order valence-electron chi connectivity index (χ4n) is 3.28. The highest BCUT2D eigenvalue weighted by atomic mass is 32.1. The Balaban J connectivity index is 1.86. The van der Waals surface area contributed by atoms with Crippen LogP contribution in [0.1, 0.15) is 44.4 Å². The van der Waals surface area contributed by atoms with Gasteiger partial charge in [-0.2, -0.15) is 0 Å². The summed E-state index contributed by atoms with van der Waals surface area (Å²) in [6.07, 6.45) is 8.81. The molecule has 18 heavy (non-hydrogen) atoms. The third-order valence-electron chi connectivity index (χ3n) is 4.60. The van der Waals surface area contributed by atoms with Gasteiger partial charge in [0.15, 0.2) is 0 Å². The molecule has 2 nitrogen and oxygen atoms in total. The highest BCUT2D eigenvalue weighted by Gasteiger charge is 2.28. The molecule has 3 heteroatoms. The Labute approximate surface area is 115 Å². The van der Waals surface area contributed by atoms with E-state index >= 15 is 0 Å². The van der Waals surface area contributed by atoms with Gasteiger partial charge in [-0.05, 0) is 56.9 Å². The monoisotopic (exact) mass is 266 g/mol. The van der Waals surface area contributed by atoms with Crippen molar-refractivity contribution in [3.8, 4) is 0 Å². The molecule has 0 bridgehead atoms. The van der Waals surface area contributed by atoms with Gasteiger partial charge in [0.25, 0.3) is 0 Å². The lowest BCUT2D eigenvalue weighted by Crippen LogP contribution is -2.38. The van der Waals surface area contributed by atoms with Crippen LogP contribution in [0.25, 0.3) is 0 Å². The summed E-state index contributed by atoms with van der Waals surface area (Å²) in [5, 5.41) is 3.53. The van der Waals surface area contributed by atoms with Crippen LogP contribution in [0.4, 0.5) is 0 Å². The minimum absolute atomic E-state index is 0.638. The molecule has 102 valence electrons. The molecule has 1 unspecified atom stereocenters. The molecule has 0 radical (unpaired) electrons. The summed E-state index contributed by atoms with van der Waals surface area (Å²) in [6.45, 7) is 4.75. The molecule has 0 aromatic carbocycles. The van der Waals surface area contributed by atoms with Gasteiger partial charge < -0.3 is 5.32 Å². The molecular formula is C15H26N2S. The Bertz CT molecular complexity index is 326. The predicted molar refractivity (Wildman–Crippen MR) is 79.0 cm³/mol. The predicted octanol–water partition coefficient (Wildman–Crippen LogP) is 3.74. The first-order chi connectivity index (χ1) is 8.70. The van der Waals surface area contributed by atoms with Gasteiger partial charge in [0.05, 0.1) is 5.51 Å². The Hall–Kier alpha value is -0.410. The minimum atomic E-state index is 0.638. The minimum Gasteiger partial charge on any atom is -0.316 e. The Kier molecular flexibility index (Phi) is 5.19. The number of aromatic nitrogens is 1. The van der Waals surface area contributed by atoms with Crippen molar-refractivity contribution < 1.29 is 0 Å². The Morgan fingerprint density at radius 3 is 2.44 bits per heavy atom. The quantitative estimate of drug-likeness (QED) is 0.878. The first-order valence-electron chi connectivity index (χ1n) is 7.25. The molecule has 0 amide bonds. The fourth-order valence-corrected chi connectivity index (χ4v) is 3.93. The van der Waals surface area contributed by atoms with Crippen LogP contribution >= 0.6 is 11.3 Å².